The molecule has 96 valence electrons. The average Bonchev–Trinajstić information content (AvgIpc) is 2.12. The Balaban J connectivity index is 3.59. The molecule has 1 amide bonds. The highest BCUT2D eigenvalue weighted by Gasteiger charge is 2.16. The van der Waals surface area contributed by atoms with Crippen LogP contribution in [0.25, 0.3) is 0 Å². The van der Waals surface area contributed by atoms with Gasteiger partial charge in [0.15, 0.2) is 0 Å². The van der Waals surface area contributed by atoms with Crippen LogP contribution in [0.3, 0.4) is 0 Å². The second-order valence-electron chi connectivity index (χ2n) is 5.33. The lowest BCUT2D eigenvalue weighted by Crippen LogP contribution is -2.35. The molecule has 0 aliphatic carbocycles. The van der Waals surface area contributed by atoms with E-state index in [-0.39, 0.29) is 11.3 Å². The molecule has 0 bridgehead atoms. The molecule has 0 aromatic rings. The first kappa shape index (κ1) is 15.4. The third-order valence-electron chi connectivity index (χ3n) is 2.16. The van der Waals surface area contributed by atoms with Gasteiger partial charge < -0.3 is 15.7 Å². The van der Waals surface area contributed by atoms with E-state index in [2.05, 4.69) is 31.4 Å². The zero-order valence-corrected chi connectivity index (χ0v) is 11.0. The van der Waals surface area contributed by atoms with E-state index in [1.165, 1.54) is 0 Å². The number of hydrogen-bond acceptors (Lipinski definition) is 3. The van der Waals surface area contributed by atoms with Crippen molar-refractivity contribution in [3.8, 4) is 0 Å². The van der Waals surface area contributed by atoms with Crippen molar-refractivity contribution in [1.29, 1.82) is 0 Å². The summed E-state index contributed by atoms with van der Waals surface area (Å²) in [5.41, 5.74) is 0.0912. The molecule has 0 saturated carbocycles. The van der Waals surface area contributed by atoms with Gasteiger partial charge in [-0.3, -0.25) is 4.79 Å². The molecule has 0 rings (SSSR count). The molecule has 0 fully saturated rings. The summed E-state index contributed by atoms with van der Waals surface area (Å²) in [6, 6.07) is 0. The van der Waals surface area contributed by atoms with Crippen LogP contribution in [0.4, 0.5) is 0 Å². The third-order valence-corrected chi connectivity index (χ3v) is 2.16. The highest BCUT2D eigenvalue weighted by molar-refractivity contribution is 5.76. The molecular weight excluding hydrogens is 204 g/mol. The van der Waals surface area contributed by atoms with Crippen molar-refractivity contribution in [2.75, 3.05) is 19.6 Å². The summed E-state index contributed by atoms with van der Waals surface area (Å²) in [5.74, 6) is -0.00564. The Morgan fingerprint density at radius 1 is 1.38 bits per heavy atom. The predicted octanol–water partition coefficient (Wildman–Crippen LogP) is 0.899. The summed E-state index contributed by atoms with van der Waals surface area (Å²) < 4.78 is 0. The van der Waals surface area contributed by atoms with Crippen LogP contribution in [-0.2, 0) is 4.79 Å². The van der Waals surface area contributed by atoms with E-state index in [0.717, 1.165) is 6.54 Å². The van der Waals surface area contributed by atoms with Crippen LogP contribution in [-0.4, -0.2) is 36.8 Å². The molecule has 0 aromatic carbocycles. The van der Waals surface area contributed by atoms with Crippen LogP contribution >= 0.6 is 0 Å². The molecule has 0 aliphatic heterocycles. The van der Waals surface area contributed by atoms with Crippen LogP contribution in [0.1, 0.15) is 40.5 Å². The first-order valence-corrected chi connectivity index (χ1v) is 6.00. The standard InChI is InChI=1S/C12H26N2O2/c1-5-13-7-6-11(16)14-9-10(15)8-12(2,3)4/h10,13,15H,5-9H2,1-4H3,(H,14,16). The Hall–Kier alpha value is -0.610. The number of rotatable bonds is 7. The normalized spacial score (nSPS) is 13.6. The molecule has 0 spiro atoms. The fourth-order valence-electron chi connectivity index (χ4n) is 1.48. The van der Waals surface area contributed by atoms with Gasteiger partial charge in [-0.1, -0.05) is 27.7 Å². The summed E-state index contributed by atoms with van der Waals surface area (Å²) in [4.78, 5) is 11.3. The van der Waals surface area contributed by atoms with Gasteiger partial charge in [0.2, 0.25) is 5.91 Å². The van der Waals surface area contributed by atoms with Crippen molar-refractivity contribution in [3.05, 3.63) is 0 Å². The summed E-state index contributed by atoms with van der Waals surface area (Å²) in [6.07, 6.45) is 0.708. The van der Waals surface area contributed by atoms with Crippen molar-refractivity contribution < 1.29 is 9.90 Å². The lowest BCUT2D eigenvalue weighted by molar-refractivity contribution is -0.121. The SMILES string of the molecule is CCNCCC(=O)NCC(O)CC(C)(C)C. The zero-order valence-electron chi connectivity index (χ0n) is 11.0. The number of hydrogen-bond donors (Lipinski definition) is 3. The van der Waals surface area contributed by atoms with Gasteiger partial charge in [0.1, 0.15) is 0 Å². The quantitative estimate of drug-likeness (QED) is 0.569. The van der Waals surface area contributed by atoms with Gasteiger partial charge in [-0.25, -0.2) is 0 Å². The zero-order chi connectivity index (χ0) is 12.6. The van der Waals surface area contributed by atoms with Crippen LogP contribution in [0, 0.1) is 5.41 Å². The van der Waals surface area contributed by atoms with Gasteiger partial charge >= 0.3 is 0 Å². The molecule has 3 N–H and O–H groups in total. The van der Waals surface area contributed by atoms with Gasteiger partial charge in [-0.05, 0) is 18.4 Å². The summed E-state index contributed by atoms with van der Waals surface area (Å²) in [5, 5.41) is 15.5. The minimum absolute atomic E-state index is 0.00564. The molecule has 16 heavy (non-hydrogen) atoms. The Bertz CT molecular complexity index is 200. The minimum Gasteiger partial charge on any atom is -0.391 e. The molecule has 0 heterocycles. The lowest BCUT2D eigenvalue weighted by Gasteiger charge is -2.22. The Morgan fingerprint density at radius 2 is 2.00 bits per heavy atom. The molecule has 0 aromatic heterocycles. The summed E-state index contributed by atoms with van der Waals surface area (Å²) in [7, 11) is 0. The number of aliphatic hydroxyl groups excluding tert-OH is 1. The van der Waals surface area contributed by atoms with Gasteiger partial charge in [0.25, 0.3) is 0 Å². The minimum atomic E-state index is -0.455. The number of carbonyl (C=O) groups is 1. The van der Waals surface area contributed by atoms with Crippen molar-refractivity contribution in [3.63, 3.8) is 0 Å². The molecule has 4 heteroatoms. The molecule has 0 saturated heterocycles. The fourth-order valence-corrected chi connectivity index (χ4v) is 1.48. The molecule has 0 aliphatic rings. The second kappa shape index (κ2) is 7.63. The fraction of sp³-hybridized carbons (Fsp3) is 0.917. The first-order valence-electron chi connectivity index (χ1n) is 6.00. The summed E-state index contributed by atoms with van der Waals surface area (Å²) in [6.45, 7) is 10.1. The van der Waals surface area contributed by atoms with E-state index in [1.54, 1.807) is 0 Å². The topological polar surface area (TPSA) is 61.4 Å². The van der Waals surface area contributed by atoms with E-state index in [1.807, 2.05) is 6.92 Å². The van der Waals surface area contributed by atoms with Gasteiger partial charge in [0.05, 0.1) is 6.10 Å². The van der Waals surface area contributed by atoms with Crippen LogP contribution in [0.15, 0.2) is 0 Å². The number of amides is 1. The van der Waals surface area contributed by atoms with E-state index in [9.17, 15) is 9.90 Å². The predicted molar refractivity (Wildman–Crippen MR) is 66.2 cm³/mol. The molecule has 1 atom stereocenters. The molecule has 1 unspecified atom stereocenters. The molecule has 0 radical (unpaired) electrons. The lowest BCUT2D eigenvalue weighted by atomic mass is 9.89. The Morgan fingerprint density at radius 3 is 2.50 bits per heavy atom. The van der Waals surface area contributed by atoms with E-state index in [0.29, 0.717) is 25.9 Å². The third kappa shape index (κ3) is 9.93. The number of aliphatic hydroxyl groups is 1. The number of carbonyl (C=O) groups excluding carboxylic acids is 1. The van der Waals surface area contributed by atoms with Crippen molar-refractivity contribution in [2.24, 2.45) is 5.41 Å². The first-order chi connectivity index (χ1) is 7.35. The van der Waals surface area contributed by atoms with Crippen molar-refractivity contribution >= 4 is 5.91 Å². The highest BCUT2D eigenvalue weighted by Crippen LogP contribution is 2.20. The van der Waals surface area contributed by atoms with E-state index < -0.39 is 6.10 Å². The van der Waals surface area contributed by atoms with E-state index >= 15 is 0 Å². The average molecular weight is 230 g/mol. The monoisotopic (exact) mass is 230 g/mol. The van der Waals surface area contributed by atoms with Crippen LogP contribution < -0.4 is 10.6 Å². The second-order valence-corrected chi connectivity index (χ2v) is 5.33. The Kier molecular flexibility index (Phi) is 7.34. The van der Waals surface area contributed by atoms with Crippen molar-refractivity contribution in [2.45, 2.75) is 46.6 Å². The van der Waals surface area contributed by atoms with Crippen LogP contribution in [0.5, 0.6) is 0 Å². The molecule has 4 nitrogen and oxygen atoms in total. The maximum atomic E-state index is 11.3. The van der Waals surface area contributed by atoms with Gasteiger partial charge in [0, 0.05) is 19.5 Å². The van der Waals surface area contributed by atoms with Crippen LogP contribution in [0.2, 0.25) is 0 Å². The maximum Gasteiger partial charge on any atom is 0.221 e. The van der Waals surface area contributed by atoms with Gasteiger partial charge in [-0.15, -0.1) is 0 Å². The van der Waals surface area contributed by atoms with Crippen molar-refractivity contribution in [1.82, 2.24) is 10.6 Å². The summed E-state index contributed by atoms with van der Waals surface area (Å²) >= 11 is 0. The maximum absolute atomic E-state index is 11.3. The largest absolute Gasteiger partial charge is 0.391 e. The molecular formula is C12H26N2O2. The number of nitrogens with one attached hydrogen (secondary N) is 2. The van der Waals surface area contributed by atoms with Gasteiger partial charge in [-0.2, -0.15) is 0 Å². The highest BCUT2D eigenvalue weighted by atomic mass is 16.3. The smallest absolute Gasteiger partial charge is 0.221 e. The Labute approximate surface area is 98.8 Å². The van der Waals surface area contributed by atoms with E-state index in [4.69, 9.17) is 0 Å².